The summed E-state index contributed by atoms with van der Waals surface area (Å²) in [5.74, 6) is 1.19. The average Bonchev–Trinajstić information content (AvgIpc) is 2.80. The van der Waals surface area contributed by atoms with Crippen molar-refractivity contribution in [2.45, 2.75) is 18.9 Å². The minimum absolute atomic E-state index is 0.343. The molecular formula is C25H23FN4O2S. The van der Waals surface area contributed by atoms with Crippen molar-refractivity contribution in [3.63, 3.8) is 0 Å². The van der Waals surface area contributed by atoms with Crippen LogP contribution in [-0.4, -0.2) is 21.8 Å². The number of carbonyl (C=O) groups is 1. The number of para-hydroxylation sites is 1. The number of aliphatic imine (C=N–C) groups is 1. The molecule has 2 heterocycles. The Labute approximate surface area is 195 Å². The number of thioether (sulfide) groups is 1. The molecule has 0 radical (unpaired) electrons. The predicted octanol–water partition coefficient (Wildman–Crippen LogP) is 5.33. The molecule has 33 heavy (non-hydrogen) atoms. The smallest absolute Gasteiger partial charge is 0.248 e. The highest BCUT2D eigenvalue weighted by Crippen LogP contribution is 2.37. The number of amides is 1. The first-order valence-electron chi connectivity index (χ1n) is 10.4. The molecule has 0 saturated carbocycles. The second-order valence-corrected chi connectivity index (χ2v) is 8.80. The molecular weight excluding hydrogens is 439 g/mol. The van der Waals surface area contributed by atoms with E-state index in [-0.39, 0.29) is 11.7 Å². The number of nitrogens with zero attached hydrogens (tertiary/aromatic N) is 2. The van der Waals surface area contributed by atoms with Crippen LogP contribution >= 0.6 is 11.8 Å². The van der Waals surface area contributed by atoms with E-state index in [1.165, 1.54) is 30.0 Å². The van der Waals surface area contributed by atoms with Crippen LogP contribution in [0.25, 0.3) is 6.08 Å². The van der Waals surface area contributed by atoms with Gasteiger partial charge in [-0.3, -0.25) is 9.79 Å². The van der Waals surface area contributed by atoms with E-state index in [1.807, 2.05) is 37.3 Å². The van der Waals surface area contributed by atoms with E-state index in [2.05, 4.69) is 15.3 Å². The van der Waals surface area contributed by atoms with Crippen molar-refractivity contribution >= 4 is 34.6 Å². The molecule has 1 aliphatic rings. The first-order chi connectivity index (χ1) is 15.9. The summed E-state index contributed by atoms with van der Waals surface area (Å²) >= 11 is 1.45. The van der Waals surface area contributed by atoms with E-state index in [4.69, 9.17) is 10.5 Å². The number of hydrogen-bond acceptors (Lipinski definition) is 6. The zero-order valence-corrected chi connectivity index (χ0v) is 18.8. The molecule has 4 rings (SSSR count). The van der Waals surface area contributed by atoms with E-state index in [9.17, 15) is 9.18 Å². The molecule has 0 aliphatic carbocycles. The van der Waals surface area contributed by atoms with Crippen LogP contribution in [0.2, 0.25) is 0 Å². The van der Waals surface area contributed by atoms with Gasteiger partial charge in [0.2, 0.25) is 11.8 Å². The lowest BCUT2D eigenvalue weighted by Gasteiger charge is -2.30. The number of nitrogens with one attached hydrogen (secondary N) is 1. The number of carbonyl (C=O) groups excluding carboxylic acids is 1. The Kier molecular flexibility index (Phi) is 6.74. The summed E-state index contributed by atoms with van der Waals surface area (Å²) in [6, 6.07) is 17.4. The van der Waals surface area contributed by atoms with Crippen LogP contribution < -0.4 is 15.8 Å². The fourth-order valence-corrected chi connectivity index (χ4v) is 4.39. The molecule has 6 nitrogen and oxygen atoms in total. The van der Waals surface area contributed by atoms with Gasteiger partial charge in [-0.1, -0.05) is 30.0 Å². The summed E-state index contributed by atoms with van der Waals surface area (Å²) in [4.78, 5) is 21.1. The van der Waals surface area contributed by atoms with Crippen LogP contribution in [0.15, 0.2) is 77.9 Å². The molecule has 1 aromatic heterocycles. The lowest BCUT2D eigenvalue weighted by atomic mass is 9.89. The van der Waals surface area contributed by atoms with Crippen LogP contribution in [0.4, 0.5) is 10.1 Å². The van der Waals surface area contributed by atoms with E-state index >= 15 is 0 Å². The second-order valence-electron chi connectivity index (χ2n) is 7.68. The number of aromatic nitrogens is 1. The first kappa shape index (κ1) is 22.5. The van der Waals surface area contributed by atoms with Gasteiger partial charge in [0.15, 0.2) is 5.17 Å². The van der Waals surface area contributed by atoms with E-state index in [0.29, 0.717) is 34.5 Å². The number of hydrogen-bond donors (Lipinski definition) is 2. The van der Waals surface area contributed by atoms with Gasteiger partial charge in [-0.25, -0.2) is 9.37 Å². The van der Waals surface area contributed by atoms with Gasteiger partial charge in [-0.2, -0.15) is 0 Å². The van der Waals surface area contributed by atoms with Crippen LogP contribution in [0.1, 0.15) is 24.5 Å². The Hall–Kier alpha value is -3.65. The second kappa shape index (κ2) is 9.87. The monoisotopic (exact) mass is 462 g/mol. The van der Waals surface area contributed by atoms with Crippen LogP contribution in [0, 0.1) is 5.82 Å². The zero-order chi connectivity index (χ0) is 23.3. The number of halogens is 1. The summed E-state index contributed by atoms with van der Waals surface area (Å²) < 4.78 is 20.2. The molecule has 0 bridgehead atoms. The quantitative estimate of drug-likeness (QED) is 0.483. The Balaban J connectivity index is 1.41. The van der Waals surface area contributed by atoms with Gasteiger partial charge in [0, 0.05) is 35.3 Å². The van der Waals surface area contributed by atoms with Gasteiger partial charge in [0.25, 0.3) is 0 Å². The molecule has 1 aliphatic heterocycles. The third-order valence-electron chi connectivity index (χ3n) is 5.16. The highest BCUT2D eigenvalue weighted by molar-refractivity contribution is 8.13. The van der Waals surface area contributed by atoms with Gasteiger partial charge >= 0.3 is 0 Å². The highest BCUT2D eigenvalue weighted by atomic mass is 32.2. The maximum absolute atomic E-state index is 14.5. The Morgan fingerprint density at radius 3 is 2.76 bits per heavy atom. The van der Waals surface area contributed by atoms with E-state index in [0.717, 1.165) is 11.3 Å². The maximum Gasteiger partial charge on any atom is 0.248 e. The fraction of sp³-hybridized carbons (Fsp3) is 0.160. The minimum Gasteiger partial charge on any atom is -0.439 e. The Morgan fingerprint density at radius 1 is 1.21 bits per heavy atom. The molecule has 168 valence electrons. The molecule has 1 amide bonds. The number of ether oxygens (including phenoxy) is 1. The maximum atomic E-state index is 14.5. The van der Waals surface area contributed by atoms with Gasteiger partial charge < -0.3 is 15.8 Å². The lowest BCUT2D eigenvalue weighted by molar-refractivity contribution is -0.111. The molecule has 0 fully saturated rings. The highest BCUT2D eigenvalue weighted by Gasteiger charge is 2.32. The Bertz CT molecular complexity index is 1200. The van der Waals surface area contributed by atoms with Crippen LogP contribution in [0.3, 0.4) is 0 Å². The third kappa shape index (κ3) is 5.78. The largest absolute Gasteiger partial charge is 0.439 e. The number of benzene rings is 2. The van der Waals surface area contributed by atoms with Crippen molar-refractivity contribution in [2.75, 3.05) is 11.1 Å². The summed E-state index contributed by atoms with van der Waals surface area (Å²) in [5, 5.41) is 3.21. The molecule has 3 N–H and O–H groups in total. The van der Waals surface area contributed by atoms with Crippen molar-refractivity contribution in [2.24, 2.45) is 10.7 Å². The summed E-state index contributed by atoms with van der Waals surface area (Å²) in [5.41, 5.74) is 6.73. The minimum atomic E-state index is -0.759. The van der Waals surface area contributed by atoms with Gasteiger partial charge in [-0.05, 0) is 61.4 Å². The van der Waals surface area contributed by atoms with Gasteiger partial charge in [-0.15, -0.1) is 0 Å². The van der Waals surface area contributed by atoms with Crippen molar-refractivity contribution in [1.29, 1.82) is 0 Å². The molecule has 1 atom stereocenters. The van der Waals surface area contributed by atoms with Crippen molar-refractivity contribution < 1.29 is 13.9 Å². The van der Waals surface area contributed by atoms with Gasteiger partial charge in [0.05, 0.1) is 5.54 Å². The number of nitrogens with two attached hydrogens (primary N) is 1. The van der Waals surface area contributed by atoms with Crippen molar-refractivity contribution in [3.8, 4) is 11.6 Å². The number of amidine groups is 1. The summed E-state index contributed by atoms with van der Waals surface area (Å²) in [7, 11) is 0. The van der Waals surface area contributed by atoms with E-state index < -0.39 is 5.54 Å². The predicted molar refractivity (Wildman–Crippen MR) is 131 cm³/mol. The average molecular weight is 463 g/mol. The van der Waals surface area contributed by atoms with Gasteiger partial charge in [0.1, 0.15) is 11.6 Å². The molecule has 1 unspecified atom stereocenters. The third-order valence-corrected chi connectivity index (χ3v) is 5.96. The molecule has 0 saturated heterocycles. The molecule has 0 spiro atoms. The topological polar surface area (TPSA) is 89.6 Å². The summed E-state index contributed by atoms with van der Waals surface area (Å²) in [6.45, 7) is 1.85. The first-order valence-corrected chi connectivity index (χ1v) is 11.4. The lowest BCUT2D eigenvalue weighted by Crippen LogP contribution is -2.29. The number of rotatable bonds is 6. The fourth-order valence-electron chi connectivity index (χ4n) is 3.41. The van der Waals surface area contributed by atoms with Crippen molar-refractivity contribution in [1.82, 2.24) is 4.98 Å². The molecule has 8 heteroatoms. The number of anilines is 1. The molecule has 3 aromatic rings. The summed E-state index contributed by atoms with van der Waals surface area (Å²) in [6.07, 6.45) is 5.31. The standard InChI is InChI=1S/C25H23FN4O2S/c1-25(13-14-33-24(27)30-25)20-15-18(9-10-21(20)26)29-22(31)11-7-17-8-12-23(28-16-17)32-19-5-3-2-4-6-19/h2-12,15-16H,13-14H2,1H3,(H2,27,30)(H,29,31). The zero-order valence-electron chi connectivity index (χ0n) is 18.0. The molecule has 2 aromatic carbocycles. The Morgan fingerprint density at radius 2 is 2.03 bits per heavy atom. The van der Waals surface area contributed by atoms with E-state index in [1.54, 1.807) is 30.5 Å². The van der Waals surface area contributed by atoms with Crippen LogP contribution in [-0.2, 0) is 10.3 Å². The van der Waals surface area contributed by atoms with Crippen LogP contribution in [0.5, 0.6) is 11.6 Å². The normalized spacial score (nSPS) is 18.1. The van der Waals surface area contributed by atoms with Crippen molar-refractivity contribution in [3.05, 3.63) is 89.9 Å². The number of pyridine rings is 1. The SMILES string of the molecule is CC1(c2cc(NC(=O)C=Cc3ccc(Oc4ccccc4)nc3)ccc2F)CCSC(N)=N1.